The van der Waals surface area contributed by atoms with Gasteiger partial charge in [0.25, 0.3) is 0 Å². The quantitative estimate of drug-likeness (QED) is 0.487. The van der Waals surface area contributed by atoms with Crippen LogP contribution in [0.25, 0.3) is 0 Å². The number of carbonyl (C=O) groups excluding carboxylic acids is 3. The van der Waals surface area contributed by atoms with Gasteiger partial charge in [0, 0.05) is 15.7 Å². The Hall–Kier alpha value is -2.22. The molecule has 6 heteroatoms. The Morgan fingerprint density at radius 1 is 0.967 bits per heavy atom. The van der Waals surface area contributed by atoms with Crippen LogP contribution in [-0.4, -0.2) is 28.7 Å². The summed E-state index contributed by atoms with van der Waals surface area (Å²) >= 11 is 2.21. The number of nitrogens with zero attached hydrogens (tertiary/aromatic N) is 1. The lowest BCUT2D eigenvalue weighted by atomic mass is 9.81. The number of rotatable bonds is 5. The highest BCUT2D eigenvalue weighted by molar-refractivity contribution is 14.1. The highest BCUT2D eigenvalue weighted by Gasteiger charge is 2.62. The summed E-state index contributed by atoms with van der Waals surface area (Å²) in [6.07, 6.45) is 3.36. The Balaban J connectivity index is 1.45. The van der Waals surface area contributed by atoms with Crippen LogP contribution < -0.4 is 5.32 Å². The number of amides is 3. The van der Waals surface area contributed by atoms with E-state index < -0.39 is 6.04 Å². The summed E-state index contributed by atoms with van der Waals surface area (Å²) in [5.41, 5.74) is 1.60. The van der Waals surface area contributed by atoms with Crippen LogP contribution in [0, 0.1) is 27.2 Å². The number of hydrogen-bond acceptors (Lipinski definition) is 3. The fourth-order valence-corrected chi connectivity index (χ4v) is 6.00. The van der Waals surface area contributed by atoms with E-state index >= 15 is 0 Å². The predicted octanol–water partition coefficient (Wildman–Crippen LogP) is 3.87. The molecule has 1 saturated heterocycles. The van der Waals surface area contributed by atoms with Crippen molar-refractivity contribution in [2.24, 2.45) is 23.7 Å². The van der Waals surface area contributed by atoms with Crippen molar-refractivity contribution >= 4 is 46.0 Å². The average molecular weight is 514 g/mol. The number of fused-ring (bicyclic) bond motifs is 5. The van der Waals surface area contributed by atoms with Gasteiger partial charge < -0.3 is 5.32 Å². The van der Waals surface area contributed by atoms with Crippen LogP contribution >= 0.6 is 22.6 Å². The van der Waals surface area contributed by atoms with E-state index in [-0.39, 0.29) is 29.6 Å². The van der Waals surface area contributed by atoms with Crippen LogP contribution in [0.4, 0.5) is 5.69 Å². The molecule has 0 aromatic heterocycles. The zero-order valence-corrected chi connectivity index (χ0v) is 18.6. The normalized spacial score (nSPS) is 28.0. The van der Waals surface area contributed by atoms with Crippen LogP contribution in [0.5, 0.6) is 0 Å². The number of imide groups is 1. The third kappa shape index (κ3) is 3.35. The number of benzene rings is 2. The van der Waals surface area contributed by atoms with Gasteiger partial charge in [0.15, 0.2) is 0 Å². The highest BCUT2D eigenvalue weighted by atomic mass is 127. The summed E-state index contributed by atoms with van der Waals surface area (Å²) in [7, 11) is 0. The first-order valence-corrected chi connectivity index (χ1v) is 11.6. The van der Waals surface area contributed by atoms with Gasteiger partial charge in [-0.15, -0.1) is 0 Å². The number of anilines is 1. The second-order valence-electron chi connectivity index (χ2n) is 8.63. The molecule has 3 aliphatic rings. The molecule has 154 valence electrons. The van der Waals surface area contributed by atoms with Gasteiger partial charge in [0.2, 0.25) is 17.7 Å². The summed E-state index contributed by atoms with van der Waals surface area (Å²) < 4.78 is 1.07. The molecule has 0 radical (unpaired) electrons. The molecule has 1 heterocycles. The van der Waals surface area contributed by atoms with Gasteiger partial charge in [0.1, 0.15) is 6.04 Å². The van der Waals surface area contributed by atoms with Crippen molar-refractivity contribution in [3.8, 4) is 0 Å². The number of halogens is 1. The molecule has 3 amide bonds. The molecular formula is C24H23IN2O3. The van der Waals surface area contributed by atoms with Crippen molar-refractivity contribution < 1.29 is 14.4 Å². The summed E-state index contributed by atoms with van der Waals surface area (Å²) in [4.78, 5) is 41.3. The number of likely N-dealkylation sites (tertiary alicyclic amines) is 1. The topological polar surface area (TPSA) is 66.5 Å². The third-order valence-corrected chi connectivity index (χ3v) is 7.68. The Bertz CT molecular complexity index is 963. The number of carbonyl (C=O) groups is 3. The van der Waals surface area contributed by atoms with E-state index in [2.05, 4.69) is 27.9 Å². The second kappa shape index (κ2) is 7.80. The first kappa shape index (κ1) is 19.7. The SMILES string of the molecule is O=C(Nc1ccc(I)cc1)[C@H](Cc1ccccc1)N1C(=O)[C@@H]2[C@@H]3CC[C@@H](C3)[C@@H]2C1=O. The Morgan fingerprint density at radius 2 is 1.57 bits per heavy atom. The van der Waals surface area contributed by atoms with Gasteiger partial charge in [-0.05, 0) is 83.5 Å². The molecule has 1 aliphatic heterocycles. The van der Waals surface area contributed by atoms with Gasteiger partial charge in [0.05, 0.1) is 11.8 Å². The van der Waals surface area contributed by atoms with E-state index in [9.17, 15) is 14.4 Å². The van der Waals surface area contributed by atoms with Crippen molar-refractivity contribution in [2.45, 2.75) is 31.7 Å². The van der Waals surface area contributed by atoms with Gasteiger partial charge in [-0.3, -0.25) is 19.3 Å². The smallest absolute Gasteiger partial charge is 0.248 e. The van der Waals surface area contributed by atoms with E-state index in [0.717, 1.165) is 28.4 Å². The van der Waals surface area contributed by atoms with Gasteiger partial charge in [-0.1, -0.05) is 30.3 Å². The first-order valence-electron chi connectivity index (χ1n) is 10.5. The minimum atomic E-state index is -0.836. The molecule has 1 N–H and O–H groups in total. The average Bonchev–Trinajstić information content (AvgIpc) is 3.43. The van der Waals surface area contributed by atoms with Crippen molar-refractivity contribution in [1.29, 1.82) is 0 Å². The molecule has 2 bridgehead atoms. The Morgan fingerprint density at radius 3 is 2.17 bits per heavy atom. The van der Waals surface area contributed by atoms with Crippen LogP contribution in [-0.2, 0) is 20.8 Å². The highest BCUT2D eigenvalue weighted by Crippen LogP contribution is 2.56. The first-order chi connectivity index (χ1) is 14.5. The van der Waals surface area contributed by atoms with E-state index in [4.69, 9.17) is 0 Å². The minimum absolute atomic E-state index is 0.143. The molecule has 2 aromatic carbocycles. The van der Waals surface area contributed by atoms with E-state index in [1.165, 1.54) is 4.90 Å². The third-order valence-electron chi connectivity index (χ3n) is 6.96. The zero-order chi connectivity index (χ0) is 20.8. The van der Waals surface area contributed by atoms with Crippen LogP contribution in [0.1, 0.15) is 24.8 Å². The fraction of sp³-hybridized carbons (Fsp3) is 0.375. The molecular weight excluding hydrogens is 491 g/mol. The molecule has 0 unspecified atom stereocenters. The lowest BCUT2D eigenvalue weighted by Crippen LogP contribution is -2.49. The Labute approximate surface area is 189 Å². The van der Waals surface area contributed by atoms with Gasteiger partial charge in [-0.25, -0.2) is 0 Å². The molecule has 30 heavy (non-hydrogen) atoms. The zero-order valence-electron chi connectivity index (χ0n) is 16.5. The molecule has 0 spiro atoms. The van der Waals surface area contributed by atoms with Crippen LogP contribution in [0.3, 0.4) is 0 Å². The molecule has 5 nitrogen and oxygen atoms in total. The molecule has 5 atom stereocenters. The summed E-state index contributed by atoms with van der Waals surface area (Å²) in [5.74, 6) is -0.432. The van der Waals surface area contributed by atoms with Crippen LogP contribution in [0.2, 0.25) is 0 Å². The maximum Gasteiger partial charge on any atom is 0.248 e. The second-order valence-corrected chi connectivity index (χ2v) is 9.88. The van der Waals surface area contributed by atoms with E-state index in [0.29, 0.717) is 23.9 Å². The van der Waals surface area contributed by atoms with E-state index in [1.807, 2.05) is 54.6 Å². The summed E-state index contributed by atoms with van der Waals surface area (Å²) in [6, 6.07) is 16.3. The lowest BCUT2D eigenvalue weighted by molar-refractivity contribution is -0.147. The molecule has 5 rings (SSSR count). The maximum atomic E-state index is 13.3. The number of nitrogens with one attached hydrogen (secondary N) is 1. The van der Waals surface area contributed by atoms with Gasteiger partial charge >= 0.3 is 0 Å². The Kier molecular flexibility index (Phi) is 5.13. The molecule has 2 saturated carbocycles. The molecule has 2 aliphatic carbocycles. The van der Waals surface area contributed by atoms with Gasteiger partial charge in [-0.2, -0.15) is 0 Å². The predicted molar refractivity (Wildman–Crippen MR) is 121 cm³/mol. The standard InChI is InChI=1S/C24H23IN2O3/c25-17-8-10-18(11-9-17)26-22(28)19(12-14-4-2-1-3-5-14)27-23(29)20-15-6-7-16(13-15)21(20)24(27)30/h1-5,8-11,15-16,19-21H,6-7,12-13H2,(H,26,28)/t15-,16+,19-,20-,21+/m0/s1. The molecule has 2 aromatic rings. The fourth-order valence-electron chi connectivity index (χ4n) is 5.64. The van der Waals surface area contributed by atoms with E-state index in [1.54, 1.807) is 0 Å². The van der Waals surface area contributed by atoms with Crippen LogP contribution in [0.15, 0.2) is 54.6 Å². The minimum Gasteiger partial charge on any atom is -0.324 e. The van der Waals surface area contributed by atoms with Crippen molar-refractivity contribution in [2.75, 3.05) is 5.32 Å². The summed E-state index contributed by atoms with van der Waals surface area (Å²) in [5, 5.41) is 2.92. The maximum absolute atomic E-state index is 13.3. The number of hydrogen-bond donors (Lipinski definition) is 1. The lowest BCUT2D eigenvalue weighted by Gasteiger charge is -2.27. The van der Waals surface area contributed by atoms with Crippen molar-refractivity contribution in [1.82, 2.24) is 4.90 Å². The monoisotopic (exact) mass is 514 g/mol. The molecule has 3 fully saturated rings. The van der Waals surface area contributed by atoms with Crippen molar-refractivity contribution in [3.63, 3.8) is 0 Å². The largest absolute Gasteiger partial charge is 0.324 e. The van der Waals surface area contributed by atoms with Crippen molar-refractivity contribution in [3.05, 3.63) is 63.7 Å². The summed E-state index contributed by atoms with van der Waals surface area (Å²) in [6.45, 7) is 0.